The van der Waals surface area contributed by atoms with E-state index < -0.39 is 17.3 Å². The second kappa shape index (κ2) is 6.58. The molecule has 0 unspecified atom stereocenters. The predicted octanol–water partition coefficient (Wildman–Crippen LogP) is 4.61. The first-order valence-corrected chi connectivity index (χ1v) is 11.2. The van der Waals surface area contributed by atoms with Crippen molar-refractivity contribution >= 4 is 5.91 Å². The van der Waals surface area contributed by atoms with Crippen LogP contribution < -0.4 is 0 Å². The van der Waals surface area contributed by atoms with Crippen molar-refractivity contribution in [2.24, 2.45) is 5.92 Å². The molecule has 2 aromatic rings. The Hall–Kier alpha value is -2.34. The molecule has 6 rings (SSSR count). The van der Waals surface area contributed by atoms with Crippen molar-refractivity contribution in [3.8, 4) is 0 Å². The summed E-state index contributed by atoms with van der Waals surface area (Å²) < 4.78 is 38.9. The third-order valence-electron chi connectivity index (χ3n) is 8.17. The maximum absolute atomic E-state index is 13.8. The Kier molecular flexibility index (Phi) is 4.11. The minimum Gasteiger partial charge on any atom is -0.337 e. The van der Waals surface area contributed by atoms with Crippen molar-refractivity contribution in [3.63, 3.8) is 0 Å². The van der Waals surface area contributed by atoms with E-state index in [1.807, 2.05) is 0 Å². The van der Waals surface area contributed by atoms with Gasteiger partial charge in [0.05, 0.1) is 5.56 Å². The first-order chi connectivity index (χ1) is 14.9. The van der Waals surface area contributed by atoms with E-state index in [4.69, 9.17) is 0 Å². The van der Waals surface area contributed by atoms with Crippen LogP contribution in [0.15, 0.2) is 48.5 Å². The normalized spacial score (nSPS) is 30.7. The van der Waals surface area contributed by atoms with Crippen LogP contribution in [-0.4, -0.2) is 40.4 Å². The zero-order valence-corrected chi connectivity index (χ0v) is 17.2. The number of hydrogen-bond donors (Lipinski definition) is 0. The van der Waals surface area contributed by atoms with Gasteiger partial charge >= 0.3 is 6.18 Å². The van der Waals surface area contributed by atoms with Crippen LogP contribution in [0.2, 0.25) is 0 Å². The molecular weight excluding hydrogens is 401 g/mol. The van der Waals surface area contributed by atoms with E-state index in [9.17, 15) is 18.0 Å². The van der Waals surface area contributed by atoms with Crippen LogP contribution in [-0.2, 0) is 23.8 Å². The molecule has 0 radical (unpaired) electrons. The minimum absolute atomic E-state index is 0.0293. The van der Waals surface area contributed by atoms with Gasteiger partial charge in [0, 0.05) is 24.5 Å². The average Bonchev–Trinajstić information content (AvgIpc) is 3.48. The maximum atomic E-state index is 13.8. The molecule has 1 spiro atoms. The van der Waals surface area contributed by atoms with Crippen LogP contribution in [0, 0.1) is 5.92 Å². The van der Waals surface area contributed by atoms with Crippen molar-refractivity contribution in [3.05, 3.63) is 70.8 Å². The number of halogens is 3. The molecule has 31 heavy (non-hydrogen) atoms. The van der Waals surface area contributed by atoms with E-state index in [2.05, 4.69) is 34.1 Å². The highest BCUT2D eigenvalue weighted by Crippen LogP contribution is 2.56. The minimum atomic E-state index is -4.32. The second-order valence-electron chi connectivity index (χ2n) is 9.58. The highest BCUT2D eigenvalue weighted by atomic mass is 19.4. The number of alkyl halides is 3. The second-order valence-corrected chi connectivity index (χ2v) is 9.58. The molecule has 2 aromatic carbocycles. The fourth-order valence-electron chi connectivity index (χ4n) is 6.81. The summed E-state index contributed by atoms with van der Waals surface area (Å²) in [7, 11) is 0. The number of benzene rings is 2. The van der Waals surface area contributed by atoms with Crippen molar-refractivity contribution in [1.82, 2.24) is 9.80 Å². The van der Waals surface area contributed by atoms with Crippen LogP contribution in [0.3, 0.4) is 0 Å². The number of fused-ring (bicyclic) bond motifs is 1. The molecule has 6 heteroatoms. The van der Waals surface area contributed by atoms with Crippen LogP contribution in [0.25, 0.3) is 0 Å². The van der Waals surface area contributed by atoms with Gasteiger partial charge in [-0.15, -0.1) is 0 Å². The van der Waals surface area contributed by atoms with E-state index in [-0.39, 0.29) is 23.9 Å². The standard InChI is InChI=1S/C25H25F3N2O/c26-25(27,28)19-8-6-16(7-9-19)22-14-20-15-29(23(31)24(20)10-3-11-30(22)24)21-12-17-4-1-2-5-18(17)13-21/h1-2,4-9,20-22H,3,10-15H2/t20-,22-,24-/m0/s1. The molecule has 1 amide bonds. The summed E-state index contributed by atoms with van der Waals surface area (Å²) in [6.45, 7) is 1.61. The monoisotopic (exact) mass is 426 g/mol. The highest BCUT2D eigenvalue weighted by Gasteiger charge is 2.65. The Labute approximate surface area is 179 Å². The van der Waals surface area contributed by atoms with Gasteiger partial charge in [-0.1, -0.05) is 36.4 Å². The van der Waals surface area contributed by atoms with E-state index in [0.717, 1.165) is 50.8 Å². The number of carbonyl (C=O) groups is 1. The van der Waals surface area contributed by atoms with Gasteiger partial charge in [0.2, 0.25) is 5.91 Å². The molecule has 3 aliphatic heterocycles. The average molecular weight is 426 g/mol. The zero-order valence-electron chi connectivity index (χ0n) is 17.2. The number of nitrogens with zero attached hydrogens (tertiary/aromatic N) is 2. The Morgan fingerprint density at radius 3 is 2.29 bits per heavy atom. The SMILES string of the molecule is O=C1N(C2Cc3ccccc3C2)C[C@@H]2C[C@@H](c3ccc(C(F)(F)F)cc3)N3CCC[C@@]123. The fraction of sp³-hybridized carbons (Fsp3) is 0.480. The van der Waals surface area contributed by atoms with Crippen molar-refractivity contribution < 1.29 is 18.0 Å². The van der Waals surface area contributed by atoms with Crippen molar-refractivity contribution in [2.75, 3.05) is 13.1 Å². The Balaban J connectivity index is 1.26. The number of amides is 1. The summed E-state index contributed by atoms with van der Waals surface area (Å²) in [4.78, 5) is 18.3. The number of carbonyl (C=O) groups excluding carboxylic acids is 1. The molecule has 3 nitrogen and oxygen atoms in total. The lowest BCUT2D eigenvalue weighted by Crippen LogP contribution is -2.51. The molecule has 0 aromatic heterocycles. The Morgan fingerprint density at radius 2 is 1.65 bits per heavy atom. The summed E-state index contributed by atoms with van der Waals surface area (Å²) in [5, 5.41) is 0. The van der Waals surface area contributed by atoms with Gasteiger partial charge in [0.15, 0.2) is 0 Å². The molecule has 3 saturated heterocycles. The maximum Gasteiger partial charge on any atom is 0.416 e. The molecule has 4 aliphatic rings. The summed E-state index contributed by atoms with van der Waals surface area (Å²) in [6.07, 6.45) is 0.199. The van der Waals surface area contributed by atoms with Crippen LogP contribution in [0.5, 0.6) is 0 Å². The third kappa shape index (κ3) is 2.73. The smallest absolute Gasteiger partial charge is 0.337 e. The molecule has 0 bridgehead atoms. The summed E-state index contributed by atoms with van der Waals surface area (Å²) >= 11 is 0. The Bertz CT molecular complexity index is 1010. The molecule has 3 fully saturated rings. The molecule has 3 heterocycles. The van der Waals surface area contributed by atoms with Crippen molar-refractivity contribution in [2.45, 2.75) is 55.9 Å². The summed E-state index contributed by atoms with van der Waals surface area (Å²) in [5.74, 6) is 0.501. The molecule has 3 atom stereocenters. The molecular formula is C25H25F3N2O. The Morgan fingerprint density at radius 1 is 0.968 bits per heavy atom. The summed E-state index contributed by atoms with van der Waals surface area (Å²) in [6, 6.07) is 14.3. The number of rotatable bonds is 2. The first kappa shape index (κ1) is 19.4. The first-order valence-electron chi connectivity index (χ1n) is 11.2. The molecule has 162 valence electrons. The van der Waals surface area contributed by atoms with Gasteiger partial charge in [-0.2, -0.15) is 13.2 Å². The zero-order chi connectivity index (χ0) is 21.4. The van der Waals surface area contributed by atoms with E-state index in [1.54, 1.807) is 12.1 Å². The lowest BCUT2D eigenvalue weighted by atomic mass is 9.85. The van der Waals surface area contributed by atoms with Crippen LogP contribution in [0.1, 0.15) is 47.6 Å². The number of likely N-dealkylation sites (tertiary alicyclic amines) is 1. The lowest BCUT2D eigenvalue weighted by molar-refractivity contribution is -0.138. The van der Waals surface area contributed by atoms with Crippen LogP contribution in [0.4, 0.5) is 13.2 Å². The largest absolute Gasteiger partial charge is 0.416 e. The van der Waals surface area contributed by atoms with Gasteiger partial charge in [0.1, 0.15) is 5.54 Å². The van der Waals surface area contributed by atoms with Gasteiger partial charge in [-0.3, -0.25) is 9.69 Å². The van der Waals surface area contributed by atoms with Crippen LogP contribution >= 0.6 is 0 Å². The number of hydrogen-bond acceptors (Lipinski definition) is 2. The van der Waals surface area contributed by atoms with E-state index in [1.165, 1.54) is 23.3 Å². The van der Waals surface area contributed by atoms with Gasteiger partial charge in [0.25, 0.3) is 0 Å². The third-order valence-corrected chi connectivity index (χ3v) is 8.17. The predicted molar refractivity (Wildman–Crippen MR) is 110 cm³/mol. The van der Waals surface area contributed by atoms with Gasteiger partial charge in [-0.05, 0) is 67.5 Å². The lowest BCUT2D eigenvalue weighted by Gasteiger charge is -2.35. The molecule has 0 saturated carbocycles. The topological polar surface area (TPSA) is 23.6 Å². The fourth-order valence-corrected chi connectivity index (χ4v) is 6.81. The highest BCUT2D eigenvalue weighted by molar-refractivity contribution is 5.90. The van der Waals surface area contributed by atoms with E-state index in [0.29, 0.717) is 0 Å². The molecule has 1 aliphatic carbocycles. The van der Waals surface area contributed by atoms with E-state index >= 15 is 0 Å². The van der Waals surface area contributed by atoms with Gasteiger partial charge in [-0.25, -0.2) is 0 Å². The van der Waals surface area contributed by atoms with Gasteiger partial charge < -0.3 is 4.90 Å². The quantitative estimate of drug-likeness (QED) is 0.700. The van der Waals surface area contributed by atoms with Crippen molar-refractivity contribution in [1.29, 1.82) is 0 Å². The molecule has 0 N–H and O–H groups in total. The summed E-state index contributed by atoms with van der Waals surface area (Å²) in [5.41, 5.74) is 2.52.